The van der Waals surface area contributed by atoms with Crippen LogP contribution in [0.2, 0.25) is 0 Å². The molecule has 0 saturated heterocycles. The third-order valence-corrected chi connectivity index (χ3v) is 5.66. The third-order valence-electron chi connectivity index (χ3n) is 5.66. The number of carbonyl (C=O) groups is 2. The van der Waals surface area contributed by atoms with E-state index in [-0.39, 0.29) is 24.4 Å². The summed E-state index contributed by atoms with van der Waals surface area (Å²) in [5.74, 6) is -0.345. The highest BCUT2D eigenvalue weighted by molar-refractivity contribution is 6.10. The molecule has 0 radical (unpaired) electrons. The molecule has 0 unspecified atom stereocenters. The van der Waals surface area contributed by atoms with Gasteiger partial charge in [-0.3, -0.25) is 9.59 Å². The van der Waals surface area contributed by atoms with E-state index in [0.717, 1.165) is 59.0 Å². The maximum absolute atomic E-state index is 13.2. The first-order valence-electron chi connectivity index (χ1n) is 10.4. The summed E-state index contributed by atoms with van der Waals surface area (Å²) in [5, 5.41) is 6.56. The monoisotopic (exact) mass is 397 g/mol. The lowest BCUT2D eigenvalue weighted by Crippen LogP contribution is -2.38. The molecule has 150 valence electrons. The van der Waals surface area contributed by atoms with Gasteiger partial charge in [-0.2, -0.15) is 0 Å². The molecule has 3 aromatic rings. The average Bonchev–Trinajstić information content (AvgIpc) is 3.50. The molecular formula is C25H23N3O2. The van der Waals surface area contributed by atoms with Gasteiger partial charge in [-0.05, 0) is 54.5 Å². The fourth-order valence-corrected chi connectivity index (χ4v) is 4.04. The summed E-state index contributed by atoms with van der Waals surface area (Å²) in [4.78, 5) is 30.1. The van der Waals surface area contributed by atoms with Crippen LogP contribution in [0.15, 0.2) is 54.6 Å². The summed E-state index contributed by atoms with van der Waals surface area (Å²) in [6, 6.07) is 18.2. The van der Waals surface area contributed by atoms with Crippen molar-refractivity contribution >= 4 is 34.4 Å². The van der Waals surface area contributed by atoms with Gasteiger partial charge in [0.15, 0.2) is 0 Å². The van der Waals surface area contributed by atoms with E-state index in [1.165, 1.54) is 0 Å². The van der Waals surface area contributed by atoms with E-state index in [4.69, 9.17) is 4.98 Å². The quantitative estimate of drug-likeness (QED) is 0.689. The van der Waals surface area contributed by atoms with Crippen molar-refractivity contribution in [1.29, 1.82) is 0 Å². The molecule has 2 aromatic carbocycles. The molecule has 2 N–H and O–H groups in total. The van der Waals surface area contributed by atoms with Crippen LogP contribution in [0.5, 0.6) is 0 Å². The summed E-state index contributed by atoms with van der Waals surface area (Å²) in [5.41, 5.74) is 5.57. The maximum atomic E-state index is 13.2. The van der Waals surface area contributed by atoms with Crippen LogP contribution in [0, 0.1) is 0 Å². The molecule has 0 aliphatic heterocycles. The van der Waals surface area contributed by atoms with Crippen LogP contribution in [0.3, 0.4) is 0 Å². The Labute approximate surface area is 175 Å². The number of nitrogens with zero attached hydrogens (tertiary/aromatic N) is 1. The summed E-state index contributed by atoms with van der Waals surface area (Å²) in [7, 11) is 0. The first-order chi connectivity index (χ1) is 14.7. The summed E-state index contributed by atoms with van der Waals surface area (Å²) < 4.78 is 0. The van der Waals surface area contributed by atoms with Crippen LogP contribution in [-0.4, -0.2) is 29.4 Å². The van der Waals surface area contributed by atoms with Gasteiger partial charge in [0.25, 0.3) is 5.91 Å². The van der Waals surface area contributed by atoms with Gasteiger partial charge in [-0.25, -0.2) is 4.98 Å². The molecule has 5 heteroatoms. The van der Waals surface area contributed by atoms with Crippen molar-refractivity contribution in [3.8, 4) is 0 Å². The molecule has 0 bridgehead atoms. The molecule has 5 nitrogen and oxygen atoms in total. The lowest BCUT2D eigenvalue weighted by atomic mass is 10.00. The number of rotatable bonds is 5. The Morgan fingerprint density at radius 2 is 1.77 bits per heavy atom. The predicted molar refractivity (Wildman–Crippen MR) is 118 cm³/mol. The second-order valence-electron chi connectivity index (χ2n) is 7.94. The fraction of sp³-hybridized carbons (Fsp3) is 0.240. The van der Waals surface area contributed by atoms with Crippen LogP contribution < -0.4 is 10.6 Å². The highest BCUT2D eigenvalue weighted by Crippen LogP contribution is 2.37. The van der Waals surface area contributed by atoms with Gasteiger partial charge >= 0.3 is 0 Å². The van der Waals surface area contributed by atoms with Gasteiger partial charge in [0.1, 0.15) is 0 Å². The van der Waals surface area contributed by atoms with E-state index in [9.17, 15) is 9.59 Å². The second-order valence-corrected chi connectivity index (χ2v) is 7.94. The molecule has 1 saturated carbocycles. The Balaban J connectivity index is 1.51. The third kappa shape index (κ3) is 3.71. The number of hydrogen-bond donors (Lipinski definition) is 2. The van der Waals surface area contributed by atoms with Crippen LogP contribution >= 0.6 is 0 Å². The molecule has 0 spiro atoms. The number of benzene rings is 2. The van der Waals surface area contributed by atoms with Crippen molar-refractivity contribution in [2.24, 2.45) is 0 Å². The number of allylic oxidation sites excluding steroid dienone is 1. The lowest BCUT2D eigenvalue weighted by Gasteiger charge is -2.13. The molecule has 30 heavy (non-hydrogen) atoms. The van der Waals surface area contributed by atoms with Crippen molar-refractivity contribution in [1.82, 2.24) is 15.6 Å². The number of amides is 2. The average molecular weight is 397 g/mol. The van der Waals surface area contributed by atoms with E-state index in [0.29, 0.717) is 5.56 Å². The molecule has 5 rings (SSSR count). The molecule has 1 fully saturated rings. The number of fused-ring (bicyclic) bond motifs is 2. The lowest BCUT2D eigenvalue weighted by molar-refractivity contribution is -0.120. The SMILES string of the molecule is O=C(CNC(=O)c1c2c(nc3ccccc13)C(=Cc1ccccc1)CC2)NC1CC1. The minimum Gasteiger partial charge on any atom is -0.352 e. The highest BCUT2D eigenvalue weighted by Gasteiger charge is 2.27. The summed E-state index contributed by atoms with van der Waals surface area (Å²) >= 11 is 0. The number of nitrogens with one attached hydrogen (secondary N) is 2. The number of hydrogen-bond acceptors (Lipinski definition) is 3. The van der Waals surface area contributed by atoms with Gasteiger partial charge in [-0.15, -0.1) is 0 Å². The maximum Gasteiger partial charge on any atom is 0.252 e. The topological polar surface area (TPSA) is 71.1 Å². The van der Waals surface area contributed by atoms with Gasteiger partial charge in [0.2, 0.25) is 5.91 Å². The molecule has 1 aromatic heterocycles. The van der Waals surface area contributed by atoms with Gasteiger partial charge in [-0.1, -0.05) is 48.5 Å². The van der Waals surface area contributed by atoms with E-state index in [2.05, 4.69) is 28.8 Å². The van der Waals surface area contributed by atoms with Crippen molar-refractivity contribution in [2.45, 2.75) is 31.7 Å². The minimum atomic E-state index is -0.211. The van der Waals surface area contributed by atoms with E-state index < -0.39 is 0 Å². The fourth-order valence-electron chi connectivity index (χ4n) is 4.04. The Morgan fingerprint density at radius 1 is 1.00 bits per heavy atom. The number of carbonyl (C=O) groups excluding carboxylic acids is 2. The van der Waals surface area contributed by atoms with E-state index >= 15 is 0 Å². The van der Waals surface area contributed by atoms with Gasteiger partial charge < -0.3 is 10.6 Å². The van der Waals surface area contributed by atoms with Gasteiger partial charge in [0, 0.05) is 11.4 Å². The number of para-hydroxylation sites is 1. The minimum absolute atomic E-state index is 0.00648. The highest BCUT2D eigenvalue weighted by atomic mass is 16.2. The molecule has 2 aliphatic carbocycles. The normalized spacial score (nSPS) is 16.5. The van der Waals surface area contributed by atoms with Crippen molar-refractivity contribution in [2.75, 3.05) is 6.54 Å². The molecule has 2 aliphatic rings. The number of pyridine rings is 1. The standard InChI is InChI=1S/C25H23N3O2/c29-22(27-18-11-12-18)15-26-25(30)23-19-8-4-5-9-21(19)28-24-17(10-13-20(23)24)14-16-6-2-1-3-7-16/h1-9,14,18H,10-13,15H2,(H,26,30)(H,27,29). The summed E-state index contributed by atoms with van der Waals surface area (Å²) in [6.45, 7) is -0.00648. The summed E-state index contributed by atoms with van der Waals surface area (Å²) in [6.07, 6.45) is 5.81. The Hall–Kier alpha value is -3.47. The van der Waals surface area contributed by atoms with Crippen LogP contribution in [0.1, 0.15) is 46.4 Å². The zero-order valence-corrected chi connectivity index (χ0v) is 16.7. The van der Waals surface area contributed by atoms with Crippen LogP contribution in [0.4, 0.5) is 0 Å². The molecule has 0 atom stereocenters. The van der Waals surface area contributed by atoms with Crippen LogP contribution in [-0.2, 0) is 11.2 Å². The predicted octanol–water partition coefficient (Wildman–Crippen LogP) is 3.73. The molecule has 2 amide bonds. The van der Waals surface area contributed by atoms with E-state index in [1.807, 2.05) is 42.5 Å². The molecule has 1 heterocycles. The van der Waals surface area contributed by atoms with E-state index in [1.54, 1.807) is 0 Å². The molecular weight excluding hydrogens is 374 g/mol. The van der Waals surface area contributed by atoms with Crippen LogP contribution in [0.25, 0.3) is 22.6 Å². The Bertz CT molecular complexity index is 1160. The Morgan fingerprint density at radius 3 is 2.57 bits per heavy atom. The first-order valence-corrected chi connectivity index (χ1v) is 10.4. The van der Waals surface area contributed by atoms with Crippen molar-refractivity contribution < 1.29 is 9.59 Å². The smallest absolute Gasteiger partial charge is 0.252 e. The zero-order chi connectivity index (χ0) is 20.5. The Kier molecular flexibility index (Phi) is 4.79. The first kappa shape index (κ1) is 18.6. The number of aromatic nitrogens is 1. The van der Waals surface area contributed by atoms with Gasteiger partial charge in [0.05, 0.1) is 23.3 Å². The van der Waals surface area contributed by atoms with Crippen molar-refractivity contribution in [3.05, 3.63) is 77.0 Å². The zero-order valence-electron chi connectivity index (χ0n) is 16.7. The second kappa shape index (κ2) is 7.75. The largest absolute Gasteiger partial charge is 0.352 e. The van der Waals surface area contributed by atoms with Crippen molar-refractivity contribution in [3.63, 3.8) is 0 Å².